The Balaban J connectivity index is 4.50. The van der Waals surface area contributed by atoms with Crippen molar-refractivity contribution >= 4 is 19.8 Å². The minimum atomic E-state index is -4.40. The van der Waals surface area contributed by atoms with Gasteiger partial charge in [-0.05, 0) is 44.9 Å². The molecule has 0 saturated heterocycles. The minimum Gasteiger partial charge on any atom is -0.458 e. The molecule has 316 valence electrons. The molecule has 10 heteroatoms. The molecular weight excluding hydrogens is 701 g/mol. The summed E-state index contributed by atoms with van der Waals surface area (Å²) < 4.78 is 34.0. The first-order chi connectivity index (χ1) is 26.0. The number of quaternary nitrogens is 1. The summed E-state index contributed by atoms with van der Waals surface area (Å²) in [5.41, 5.74) is 0. The van der Waals surface area contributed by atoms with Gasteiger partial charge in [0.1, 0.15) is 19.8 Å². The number of unbranched alkanes of at least 4 members (excludes halogenated alkanes) is 22. The second kappa shape index (κ2) is 36.8. The van der Waals surface area contributed by atoms with Gasteiger partial charge in [-0.2, -0.15) is 0 Å². The zero-order valence-corrected chi connectivity index (χ0v) is 36.3. The highest BCUT2D eigenvalue weighted by molar-refractivity contribution is 7.47. The Labute approximate surface area is 331 Å². The molecule has 1 N–H and O–H groups in total. The van der Waals surface area contributed by atoms with Crippen LogP contribution in [0.1, 0.15) is 181 Å². The SMILES string of the molecule is CCCCCCCCCCC/C=C/CCCCC(=O)O[C@H](COC(=O)/C=C/C=C/CCCCCCCCCCCCC)COP(=O)(O)OCC[N+](C)(C)C. The number of nitrogens with zero attached hydrogens (tertiary/aromatic N) is 1. The summed E-state index contributed by atoms with van der Waals surface area (Å²) in [4.78, 5) is 35.2. The zero-order chi connectivity index (χ0) is 40.0. The van der Waals surface area contributed by atoms with Crippen LogP contribution in [0.5, 0.6) is 0 Å². The molecule has 0 fully saturated rings. The number of phosphoric ester groups is 1. The van der Waals surface area contributed by atoms with Crippen molar-refractivity contribution in [2.45, 2.75) is 187 Å². The van der Waals surface area contributed by atoms with Gasteiger partial charge in [-0.15, -0.1) is 0 Å². The lowest BCUT2D eigenvalue weighted by Crippen LogP contribution is -2.37. The van der Waals surface area contributed by atoms with Crippen LogP contribution in [0.15, 0.2) is 36.5 Å². The molecule has 0 spiro atoms. The lowest BCUT2D eigenvalue weighted by atomic mass is 10.1. The van der Waals surface area contributed by atoms with Crippen LogP contribution < -0.4 is 0 Å². The highest BCUT2D eigenvalue weighted by Gasteiger charge is 2.26. The molecule has 0 aliphatic heterocycles. The fourth-order valence-electron chi connectivity index (χ4n) is 5.80. The monoisotopic (exact) mass is 785 g/mol. The van der Waals surface area contributed by atoms with E-state index in [0.717, 1.165) is 32.1 Å². The van der Waals surface area contributed by atoms with Gasteiger partial charge in [0.2, 0.25) is 0 Å². The number of allylic oxidation sites excluding steroid dienone is 5. The van der Waals surface area contributed by atoms with Crippen LogP contribution in [0, 0.1) is 0 Å². The zero-order valence-electron chi connectivity index (χ0n) is 35.5. The van der Waals surface area contributed by atoms with Crippen molar-refractivity contribution in [3.8, 4) is 0 Å². The molecule has 0 rings (SSSR count). The third-order valence-corrected chi connectivity index (χ3v) is 10.2. The minimum absolute atomic E-state index is 0.0158. The fraction of sp³-hybridized carbons (Fsp3) is 0.818. The molecule has 9 nitrogen and oxygen atoms in total. The molecule has 54 heavy (non-hydrogen) atoms. The van der Waals surface area contributed by atoms with Gasteiger partial charge in [-0.3, -0.25) is 13.8 Å². The van der Waals surface area contributed by atoms with Crippen LogP contribution in [-0.4, -0.2) is 74.9 Å². The van der Waals surface area contributed by atoms with Gasteiger partial charge < -0.3 is 18.9 Å². The van der Waals surface area contributed by atoms with Crippen LogP contribution in [0.2, 0.25) is 0 Å². The molecule has 0 aromatic rings. The van der Waals surface area contributed by atoms with Gasteiger partial charge in [0, 0.05) is 12.5 Å². The first-order valence-electron chi connectivity index (χ1n) is 21.8. The maximum Gasteiger partial charge on any atom is 0.472 e. The Kier molecular flexibility index (Phi) is 35.6. The Hall–Kier alpha value is -1.77. The molecule has 0 amide bonds. The van der Waals surface area contributed by atoms with Gasteiger partial charge in [0.15, 0.2) is 6.10 Å². The maximum absolute atomic E-state index is 12.6. The number of likely N-dealkylation sites (N-methyl/N-ethyl adjacent to an activating group) is 1. The average Bonchev–Trinajstić information content (AvgIpc) is 3.12. The predicted molar refractivity (Wildman–Crippen MR) is 224 cm³/mol. The van der Waals surface area contributed by atoms with Crippen LogP contribution in [0.4, 0.5) is 0 Å². The molecule has 0 aliphatic carbocycles. The highest BCUT2D eigenvalue weighted by Crippen LogP contribution is 2.43. The van der Waals surface area contributed by atoms with E-state index in [2.05, 4.69) is 26.0 Å². The molecule has 0 aromatic carbocycles. The number of hydrogen-bond acceptors (Lipinski definition) is 7. The quantitative estimate of drug-likeness (QED) is 0.0125. The first kappa shape index (κ1) is 52.2. The van der Waals surface area contributed by atoms with Crippen molar-refractivity contribution in [1.82, 2.24) is 0 Å². The predicted octanol–water partition coefficient (Wildman–Crippen LogP) is 12.1. The van der Waals surface area contributed by atoms with Gasteiger partial charge >= 0.3 is 19.8 Å². The van der Waals surface area contributed by atoms with Crippen molar-refractivity contribution in [2.24, 2.45) is 0 Å². The molecule has 0 aromatic heterocycles. The van der Waals surface area contributed by atoms with Crippen molar-refractivity contribution in [3.63, 3.8) is 0 Å². The molecule has 2 atom stereocenters. The molecule has 0 radical (unpaired) electrons. The van der Waals surface area contributed by atoms with E-state index < -0.39 is 32.5 Å². The van der Waals surface area contributed by atoms with Crippen LogP contribution in [0.25, 0.3) is 0 Å². The highest BCUT2D eigenvalue weighted by atomic mass is 31.2. The van der Waals surface area contributed by atoms with E-state index in [1.807, 2.05) is 33.3 Å². The summed E-state index contributed by atoms with van der Waals surface area (Å²) in [5, 5.41) is 0. The first-order valence-corrected chi connectivity index (χ1v) is 23.3. The summed E-state index contributed by atoms with van der Waals surface area (Å²) >= 11 is 0. The standard InChI is InChI=1S/C44H82NO8P/c1-6-8-10-12-14-16-18-20-22-24-26-28-30-32-34-36-43(46)50-40-42(41-52-54(48,49)51-39-38-45(3,4)5)53-44(47)37-35-33-31-29-27-25-23-21-19-17-15-13-11-9-7-2/h27,29-30,32,34,36,42H,6-26,28,31,33,35,37-41H2,1-5H3/p+1/b29-27+,32-30+,36-34+/t42-/m1/s1. The summed E-state index contributed by atoms with van der Waals surface area (Å²) in [6, 6.07) is 0. The number of ether oxygens (including phenoxy) is 2. The van der Waals surface area contributed by atoms with Gasteiger partial charge in [-0.25, -0.2) is 9.36 Å². The summed E-state index contributed by atoms with van der Waals surface area (Å²) in [6.07, 6.45) is 41.1. The number of rotatable bonds is 39. The summed E-state index contributed by atoms with van der Waals surface area (Å²) in [7, 11) is 1.42. The van der Waals surface area contributed by atoms with Gasteiger partial charge in [-0.1, -0.05) is 160 Å². The Morgan fingerprint density at radius 1 is 0.611 bits per heavy atom. The number of phosphoric acid groups is 1. The van der Waals surface area contributed by atoms with Crippen molar-refractivity contribution in [1.29, 1.82) is 0 Å². The van der Waals surface area contributed by atoms with E-state index >= 15 is 0 Å². The molecule has 0 aliphatic rings. The summed E-state index contributed by atoms with van der Waals surface area (Å²) in [5.74, 6) is -1.08. The third kappa shape index (κ3) is 39.9. The second-order valence-electron chi connectivity index (χ2n) is 15.8. The van der Waals surface area contributed by atoms with Crippen molar-refractivity contribution in [3.05, 3.63) is 36.5 Å². The van der Waals surface area contributed by atoms with E-state index in [1.54, 1.807) is 6.08 Å². The summed E-state index contributed by atoms with van der Waals surface area (Å²) in [6.45, 7) is 4.27. The van der Waals surface area contributed by atoms with Gasteiger partial charge in [0.05, 0.1) is 27.7 Å². The Morgan fingerprint density at radius 2 is 1.07 bits per heavy atom. The van der Waals surface area contributed by atoms with E-state index in [1.165, 1.54) is 128 Å². The molecule has 0 saturated carbocycles. The van der Waals surface area contributed by atoms with Crippen molar-refractivity contribution < 1.29 is 42.1 Å². The fourth-order valence-corrected chi connectivity index (χ4v) is 6.55. The number of esters is 2. The lowest BCUT2D eigenvalue weighted by Gasteiger charge is -2.24. The third-order valence-electron chi connectivity index (χ3n) is 9.25. The largest absolute Gasteiger partial charge is 0.472 e. The Morgan fingerprint density at radius 3 is 1.57 bits per heavy atom. The van der Waals surface area contributed by atoms with Gasteiger partial charge in [0.25, 0.3) is 0 Å². The number of hydrogen-bond donors (Lipinski definition) is 1. The number of carbonyl (C=O) groups is 2. The smallest absolute Gasteiger partial charge is 0.458 e. The van der Waals surface area contributed by atoms with E-state index in [9.17, 15) is 19.0 Å². The van der Waals surface area contributed by atoms with Crippen LogP contribution >= 0.6 is 7.82 Å². The normalized spacial score (nSPS) is 14.0. The van der Waals surface area contributed by atoms with E-state index in [-0.39, 0.29) is 19.6 Å². The average molecular weight is 785 g/mol. The number of carbonyl (C=O) groups excluding carboxylic acids is 2. The molecule has 0 heterocycles. The van der Waals surface area contributed by atoms with Crippen LogP contribution in [0.3, 0.4) is 0 Å². The van der Waals surface area contributed by atoms with Crippen LogP contribution in [-0.2, 0) is 32.7 Å². The van der Waals surface area contributed by atoms with E-state index in [0.29, 0.717) is 17.4 Å². The molecular formula is C44H83NO8P+. The van der Waals surface area contributed by atoms with Crippen molar-refractivity contribution in [2.75, 3.05) is 47.5 Å². The Bertz CT molecular complexity index is 1020. The topological polar surface area (TPSA) is 108 Å². The second-order valence-corrected chi connectivity index (χ2v) is 17.3. The molecule has 0 bridgehead atoms. The maximum atomic E-state index is 12.6. The van der Waals surface area contributed by atoms with E-state index in [4.69, 9.17) is 18.5 Å². The lowest BCUT2D eigenvalue weighted by molar-refractivity contribution is -0.870. The molecule has 1 unspecified atom stereocenters.